The summed E-state index contributed by atoms with van der Waals surface area (Å²) in [7, 11) is 0. The maximum Gasteiger partial charge on any atom is 0.456 e. The van der Waals surface area contributed by atoms with Gasteiger partial charge < -0.3 is 14.8 Å². The number of hydrogen-bond donors (Lipinski definition) is 1. The first-order valence-corrected chi connectivity index (χ1v) is 12.7. The number of benzene rings is 3. The van der Waals surface area contributed by atoms with E-state index in [-0.39, 0.29) is 17.7 Å². The fourth-order valence-corrected chi connectivity index (χ4v) is 4.16. The van der Waals surface area contributed by atoms with Crippen LogP contribution in [0.4, 0.5) is 32.5 Å². The lowest BCUT2D eigenvalue weighted by atomic mass is 10.2. The third-order valence-corrected chi connectivity index (χ3v) is 6.31. The number of thioether (sulfide) groups is 1. The van der Waals surface area contributed by atoms with Crippen LogP contribution in [0, 0.1) is 0 Å². The zero-order chi connectivity index (χ0) is 30.0. The normalized spacial score (nSPS) is 13.8. The van der Waals surface area contributed by atoms with E-state index in [1.54, 1.807) is 60.7 Å². The second-order valence-corrected chi connectivity index (χ2v) is 9.16. The zero-order valence-corrected chi connectivity index (χ0v) is 21.4. The van der Waals surface area contributed by atoms with Gasteiger partial charge in [0.05, 0.1) is 5.69 Å². The molecule has 3 rings (SSSR count). The molecule has 0 fully saturated rings. The molecule has 0 aromatic heterocycles. The smallest absolute Gasteiger partial charge is 0.445 e. The highest BCUT2D eigenvalue weighted by atomic mass is 32.2. The van der Waals surface area contributed by atoms with Crippen molar-refractivity contribution >= 4 is 35.5 Å². The van der Waals surface area contributed by atoms with Crippen molar-refractivity contribution in [1.29, 1.82) is 0 Å². The monoisotopic (exact) mass is 583 g/mol. The molecule has 0 bridgehead atoms. The first kappa shape index (κ1) is 28.9. The van der Waals surface area contributed by atoms with Gasteiger partial charge in [-0.15, -0.1) is 0 Å². The average molecular weight is 584 g/mol. The minimum Gasteiger partial charge on any atom is -0.445 e. The molecule has 0 aliphatic heterocycles. The van der Waals surface area contributed by atoms with Gasteiger partial charge in [0.1, 0.15) is 12.6 Å². The summed E-state index contributed by atoms with van der Waals surface area (Å²) in [5, 5.41) is -1.54. The molecule has 0 saturated carbocycles. The van der Waals surface area contributed by atoms with Crippen molar-refractivity contribution in [2.45, 2.75) is 30.4 Å². The Kier molecular flexibility index (Phi) is 9.95. The number of alkyl halides is 4. The first-order valence-electron chi connectivity index (χ1n) is 12.0. The largest absolute Gasteiger partial charge is 0.456 e. The van der Waals surface area contributed by atoms with E-state index in [0.717, 1.165) is 41.6 Å². The van der Waals surface area contributed by atoms with E-state index in [1.165, 1.54) is 6.07 Å². The highest BCUT2D eigenvalue weighted by Crippen LogP contribution is 2.41. The number of amides is 1. The summed E-state index contributed by atoms with van der Waals surface area (Å²) in [6.45, 7) is -0.317. The van der Waals surface area contributed by atoms with Crippen LogP contribution in [0.25, 0.3) is 0 Å². The number of nitrogens with zero attached hydrogens (tertiary/aromatic N) is 1. The Labute approximate surface area is 231 Å². The van der Waals surface area contributed by atoms with E-state index in [2.05, 4.69) is 4.74 Å². The molecule has 7 nitrogen and oxygen atoms in total. The number of anilines is 1. The average Bonchev–Trinajstić information content (AvgIpc) is 2.97. The van der Waals surface area contributed by atoms with E-state index in [1.807, 2.05) is 0 Å². The van der Waals surface area contributed by atoms with Crippen LogP contribution in [-0.2, 0) is 31.4 Å². The molecular weight excluding hydrogens is 559 g/mol. The summed E-state index contributed by atoms with van der Waals surface area (Å²) in [5.74, 6) is -10.5. The Balaban J connectivity index is 1.80. The molecule has 0 heterocycles. The number of rotatable bonds is 11. The molecule has 0 aliphatic rings. The van der Waals surface area contributed by atoms with E-state index in [4.69, 9.17) is 6.15 Å². The van der Waals surface area contributed by atoms with Crippen molar-refractivity contribution in [2.75, 3.05) is 10.9 Å². The van der Waals surface area contributed by atoms with Crippen molar-refractivity contribution in [3.63, 3.8) is 0 Å². The molecule has 0 radical (unpaired) electrons. The van der Waals surface area contributed by atoms with Gasteiger partial charge in [0.15, 0.2) is 1.41 Å². The number of alkyl carbamates (subject to hydrolysis) is 1. The summed E-state index contributed by atoms with van der Waals surface area (Å²) >= 11 is 0.964. The van der Waals surface area contributed by atoms with Gasteiger partial charge >= 0.3 is 30.0 Å². The second-order valence-electron chi connectivity index (χ2n) is 8.13. The van der Waals surface area contributed by atoms with Gasteiger partial charge in [-0.25, -0.2) is 14.4 Å². The molecular formula is C27H23F5N2O5S. The number of carbonyl (C=O) groups is 3. The van der Waals surface area contributed by atoms with Gasteiger partial charge in [-0.2, -0.15) is 34.4 Å². The van der Waals surface area contributed by atoms with Gasteiger partial charge in [-0.3, -0.25) is 0 Å². The molecule has 3 aromatic rings. The highest BCUT2D eigenvalue weighted by Gasteiger charge is 2.69. The minimum absolute atomic E-state index is 0.0333. The number of esters is 2. The Morgan fingerprint density at radius 3 is 1.95 bits per heavy atom. The lowest BCUT2D eigenvalue weighted by Gasteiger charge is -2.31. The minimum atomic E-state index is -6.19. The van der Waals surface area contributed by atoms with Crippen molar-refractivity contribution in [3.8, 4) is 0 Å². The topological polar surface area (TPSA) is 84.9 Å². The standard InChI is InChI=1S/C27H23F5N2O5S/c28-26(27(29,30)31,34(32)21-14-8-3-9-15-21)24(36)39-23(35)22(18-40-17-20-12-6-2-7-13-20)33-25(37)38-16-19-10-4-1-5-11-19/h1-15,22H,16-18H2,(H,33,37)/t22-,26+/m0/s1/i/hD. The SMILES string of the molecule is [2H]N(C(=O)OCc1ccccc1)[C@@H](CSCc1ccccc1)C(=O)OC(=O)[C@@](F)(N(F)c1ccccc1)C(F)(F)F. The molecule has 0 unspecified atom stereocenters. The summed E-state index contributed by atoms with van der Waals surface area (Å²) in [4.78, 5) is 37.8. The van der Waals surface area contributed by atoms with Crippen LogP contribution in [0.5, 0.6) is 0 Å². The van der Waals surface area contributed by atoms with Gasteiger partial charge in [0.25, 0.3) is 0 Å². The lowest BCUT2D eigenvalue weighted by molar-refractivity contribution is -0.246. The van der Waals surface area contributed by atoms with E-state index in [9.17, 15) is 32.0 Å². The van der Waals surface area contributed by atoms with Gasteiger partial charge in [-0.1, -0.05) is 83.3 Å². The Morgan fingerprint density at radius 2 is 1.40 bits per heavy atom. The fraction of sp³-hybridized carbons (Fsp3) is 0.222. The van der Waals surface area contributed by atoms with Crippen LogP contribution in [-0.4, -0.2) is 41.8 Å². The fourth-order valence-electron chi connectivity index (χ4n) is 3.18. The molecule has 3 aromatic carbocycles. The van der Waals surface area contributed by atoms with E-state index >= 15 is 4.39 Å². The molecule has 13 heteroatoms. The first-order chi connectivity index (χ1) is 19.4. The van der Waals surface area contributed by atoms with E-state index < -0.39 is 52.6 Å². The zero-order valence-electron chi connectivity index (χ0n) is 21.6. The van der Waals surface area contributed by atoms with Crippen LogP contribution >= 0.6 is 11.8 Å². The van der Waals surface area contributed by atoms with Gasteiger partial charge in [0.2, 0.25) is 0 Å². The van der Waals surface area contributed by atoms with Crippen molar-refractivity contribution < 1.29 is 47.3 Å². The van der Waals surface area contributed by atoms with Crippen LogP contribution in [0.15, 0.2) is 91.0 Å². The third-order valence-electron chi connectivity index (χ3n) is 5.22. The maximum atomic E-state index is 15.2. The summed E-state index contributed by atoms with van der Waals surface area (Å²) in [6, 6.07) is 19.9. The van der Waals surface area contributed by atoms with Gasteiger partial charge in [-0.05, 0) is 23.3 Å². The van der Waals surface area contributed by atoms with Gasteiger partial charge in [0, 0.05) is 11.5 Å². The molecule has 0 saturated heterocycles. The Morgan fingerprint density at radius 1 is 0.875 bits per heavy atom. The number of hydrogen-bond acceptors (Lipinski definition) is 7. The summed E-state index contributed by atoms with van der Waals surface area (Å²) in [6.07, 6.45) is -7.59. The molecule has 40 heavy (non-hydrogen) atoms. The molecule has 1 N–H and O–H groups in total. The third kappa shape index (κ3) is 7.94. The summed E-state index contributed by atoms with van der Waals surface area (Å²) in [5.41, 5.74) is 0.302. The number of ether oxygens (including phenoxy) is 2. The Hall–Kier alpha value is -4.13. The number of para-hydroxylation sites is 1. The predicted molar refractivity (Wildman–Crippen MR) is 137 cm³/mol. The van der Waals surface area contributed by atoms with Crippen molar-refractivity contribution in [2.24, 2.45) is 0 Å². The molecule has 0 spiro atoms. The van der Waals surface area contributed by atoms with Crippen LogP contribution < -0.4 is 10.4 Å². The molecule has 2 atom stereocenters. The molecule has 1 amide bonds. The Bertz CT molecular complexity index is 1310. The second kappa shape index (κ2) is 13.8. The maximum absolute atomic E-state index is 15.2. The number of halogens is 5. The van der Waals surface area contributed by atoms with Crippen molar-refractivity contribution in [3.05, 3.63) is 102 Å². The molecule has 0 aliphatic carbocycles. The quantitative estimate of drug-likeness (QED) is 0.0989. The van der Waals surface area contributed by atoms with Crippen LogP contribution in [0.3, 0.4) is 0 Å². The highest BCUT2D eigenvalue weighted by molar-refractivity contribution is 7.98. The lowest BCUT2D eigenvalue weighted by Crippen LogP contribution is -2.60. The van der Waals surface area contributed by atoms with Crippen molar-refractivity contribution in [1.82, 2.24) is 5.31 Å². The number of nitrogens with one attached hydrogen (secondary N) is 1. The van der Waals surface area contributed by atoms with Crippen LogP contribution in [0.1, 0.15) is 11.1 Å². The number of carbonyl (C=O) groups excluding carboxylic acids is 3. The summed E-state index contributed by atoms with van der Waals surface area (Å²) < 4.78 is 88.2. The molecule has 212 valence electrons. The predicted octanol–water partition coefficient (Wildman–Crippen LogP) is 5.90. The van der Waals surface area contributed by atoms with Crippen LogP contribution in [0.2, 0.25) is 1.41 Å². The van der Waals surface area contributed by atoms with E-state index in [0.29, 0.717) is 5.56 Å².